The van der Waals surface area contributed by atoms with Crippen LogP contribution in [0.4, 0.5) is 0 Å². The topological polar surface area (TPSA) is 52.3 Å². The molecule has 2 rings (SSSR count). The van der Waals surface area contributed by atoms with Gasteiger partial charge in [-0.1, -0.05) is 54.6 Å². The Morgan fingerprint density at radius 1 is 1.10 bits per heavy atom. The van der Waals surface area contributed by atoms with E-state index in [0.717, 1.165) is 11.1 Å². The number of aryl methyl sites for hydroxylation is 1. The highest BCUT2D eigenvalue weighted by atomic mass is 16.5. The van der Waals surface area contributed by atoms with Gasteiger partial charge in [0, 0.05) is 6.54 Å². The van der Waals surface area contributed by atoms with Crippen LogP contribution in [-0.4, -0.2) is 12.5 Å². The first kappa shape index (κ1) is 15.3. The van der Waals surface area contributed by atoms with E-state index in [1.54, 1.807) is 0 Å². The van der Waals surface area contributed by atoms with Gasteiger partial charge in [0.1, 0.15) is 6.61 Å². The van der Waals surface area contributed by atoms with Crippen LogP contribution in [0.5, 0.6) is 0 Å². The van der Waals surface area contributed by atoms with Crippen LogP contribution < -0.4 is 5.73 Å². The van der Waals surface area contributed by atoms with Gasteiger partial charge in [0.15, 0.2) is 0 Å². The minimum atomic E-state index is -0.296. The third-order valence-corrected chi connectivity index (χ3v) is 3.57. The van der Waals surface area contributed by atoms with Crippen molar-refractivity contribution in [1.29, 1.82) is 0 Å². The third-order valence-electron chi connectivity index (χ3n) is 3.57. The SMILES string of the molecule is Cc1ccccc1CC(CN)C(=O)OCc1ccccc1. The van der Waals surface area contributed by atoms with E-state index >= 15 is 0 Å². The van der Waals surface area contributed by atoms with Gasteiger partial charge in [0.2, 0.25) is 0 Å². The van der Waals surface area contributed by atoms with Crippen molar-refractivity contribution >= 4 is 5.97 Å². The van der Waals surface area contributed by atoms with Crippen molar-refractivity contribution in [2.24, 2.45) is 11.7 Å². The molecule has 0 bridgehead atoms. The lowest BCUT2D eigenvalue weighted by atomic mass is 9.96. The average Bonchev–Trinajstić information content (AvgIpc) is 2.53. The van der Waals surface area contributed by atoms with E-state index < -0.39 is 0 Å². The second-order valence-electron chi connectivity index (χ2n) is 5.16. The summed E-state index contributed by atoms with van der Waals surface area (Å²) in [5.74, 6) is -0.528. The van der Waals surface area contributed by atoms with E-state index in [1.807, 2.05) is 61.5 Å². The van der Waals surface area contributed by atoms with Crippen LogP contribution in [0.15, 0.2) is 54.6 Å². The fraction of sp³-hybridized carbons (Fsp3) is 0.278. The van der Waals surface area contributed by atoms with Gasteiger partial charge in [-0.3, -0.25) is 4.79 Å². The molecule has 3 heteroatoms. The molecule has 0 amide bonds. The van der Waals surface area contributed by atoms with Crippen molar-refractivity contribution in [2.75, 3.05) is 6.54 Å². The van der Waals surface area contributed by atoms with Crippen molar-refractivity contribution in [2.45, 2.75) is 20.0 Å². The summed E-state index contributed by atoms with van der Waals surface area (Å²) in [5, 5.41) is 0. The lowest BCUT2D eigenvalue weighted by Crippen LogP contribution is -2.27. The van der Waals surface area contributed by atoms with Crippen molar-refractivity contribution in [3.8, 4) is 0 Å². The van der Waals surface area contributed by atoms with Crippen LogP contribution in [0, 0.1) is 12.8 Å². The molecule has 0 saturated carbocycles. The van der Waals surface area contributed by atoms with Crippen LogP contribution in [-0.2, 0) is 22.6 Å². The first-order valence-electron chi connectivity index (χ1n) is 7.16. The van der Waals surface area contributed by atoms with Crippen molar-refractivity contribution in [3.63, 3.8) is 0 Å². The Hall–Kier alpha value is -2.13. The maximum Gasteiger partial charge on any atom is 0.310 e. The number of benzene rings is 2. The quantitative estimate of drug-likeness (QED) is 0.829. The summed E-state index contributed by atoms with van der Waals surface area (Å²) in [4.78, 5) is 12.2. The summed E-state index contributed by atoms with van der Waals surface area (Å²) in [6.07, 6.45) is 0.622. The minimum Gasteiger partial charge on any atom is -0.461 e. The fourth-order valence-corrected chi connectivity index (χ4v) is 2.21. The molecule has 0 spiro atoms. The van der Waals surface area contributed by atoms with Gasteiger partial charge < -0.3 is 10.5 Å². The summed E-state index contributed by atoms with van der Waals surface area (Å²) < 4.78 is 5.37. The van der Waals surface area contributed by atoms with Crippen LogP contribution in [0.25, 0.3) is 0 Å². The largest absolute Gasteiger partial charge is 0.461 e. The molecule has 0 fully saturated rings. The summed E-state index contributed by atoms with van der Waals surface area (Å²) in [6.45, 7) is 2.63. The van der Waals surface area contributed by atoms with Gasteiger partial charge in [-0.15, -0.1) is 0 Å². The van der Waals surface area contributed by atoms with Crippen molar-refractivity contribution in [3.05, 3.63) is 71.3 Å². The number of carbonyl (C=O) groups excluding carboxylic acids is 1. The first-order valence-corrected chi connectivity index (χ1v) is 7.16. The van der Waals surface area contributed by atoms with E-state index in [2.05, 4.69) is 0 Å². The second-order valence-corrected chi connectivity index (χ2v) is 5.16. The molecule has 1 atom stereocenters. The summed E-state index contributed by atoms with van der Waals surface area (Å²) in [7, 11) is 0. The fourth-order valence-electron chi connectivity index (χ4n) is 2.21. The Kier molecular flexibility index (Phi) is 5.52. The summed E-state index contributed by atoms with van der Waals surface area (Å²) in [5.41, 5.74) is 9.04. The normalized spacial score (nSPS) is 11.9. The predicted octanol–water partition coefficient (Wildman–Crippen LogP) is 2.86. The zero-order valence-electron chi connectivity index (χ0n) is 12.3. The van der Waals surface area contributed by atoms with Crippen LogP contribution in [0.1, 0.15) is 16.7 Å². The zero-order chi connectivity index (χ0) is 15.1. The number of nitrogens with two attached hydrogens (primary N) is 1. The Morgan fingerprint density at radius 3 is 2.43 bits per heavy atom. The first-order chi connectivity index (χ1) is 10.2. The van der Waals surface area contributed by atoms with Gasteiger partial charge in [0.25, 0.3) is 0 Å². The van der Waals surface area contributed by atoms with E-state index in [9.17, 15) is 4.79 Å². The lowest BCUT2D eigenvalue weighted by Gasteiger charge is -2.15. The molecule has 110 valence electrons. The van der Waals surface area contributed by atoms with E-state index in [-0.39, 0.29) is 11.9 Å². The van der Waals surface area contributed by atoms with Gasteiger partial charge >= 0.3 is 5.97 Å². The molecule has 2 aromatic rings. The molecule has 0 aliphatic rings. The maximum atomic E-state index is 12.2. The van der Waals surface area contributed by atoms with E-state index in [4.69, 9.17) is 10.5 Å². The molecule has 0 radical (unpaired) electrons. The maximum absolute atomic E-state index is 12.2. The van der Waals surface area contributed by atoms with Gasteiger partial charge in [0.05, 0.1) is 5.92 Å². The number of carbonyl (C=O) groups is 1. The van der Waals surface area contributed by atoms with E-state index in [1.165, 1.54) is 5.56 Å². The monoisotopic (exact) mass is 283 g/mol. The van der Waals surface area contributed by atoms with Gasteiger partial charge in [-0.2, -0.15) is 0 Å². The summed E-state index contributed by atoms with van der Waals surface area (Å²) in [6, 6.07) is 17.7. The summed E-state index contributed by atoms with van der Waals surface area (Å²) >= 11 is 0. The smallest absolute Gasteiger partial charge is 0.310 e. The Balaban J connectivity index is 1.94. The highest BCUT2D eigenvalue weighted by Crippen LogP contribution is 2.14. The standard InChI is InChI=1S/C18H21NO2/c1-14-7-5-6-10-16(14)11-17(12-19)18(20)21-13-15-8-3-2-4-9-15/h2-10,17H,11-13,19H2,1H3. The van der Waals surface area contributed by atoms with Crippen molar-refractivity contribution < 1.29 is 9.53 Å². The van der Waals surface area contributed by atoms with Crippen molar-refractivity contribution in [1.82, 2.24) is 0 Å². The molecular weight excluding hydrogens is 262 g/mol. The molecule has 0 aromatic heterocycles. The number of hydrogen-bond donors (Lipinski definition) is 1. The number of esters is 1. The Morgan fingerprint density at radius 2 is 1.76 bits per heavy atom. The number of rotatable bonds is 6. The van der Waals surface area contributed by atoms with Gasteiger partial charge in [-0.25, -0.2) is 0 Å². The van der Waals surface area contributed by atoms with Crippen LogP contribution in [0.3, 0.4) is 0 Å². The van der Waals surface area contributed by atoms with Gasteiger partial charge in [-0.05, 0) is 30.0 Å². The minimum absolute atomic E-state index is 0.232. The molecule has 1 unspecified atom stereocenters. The molecule has 2 N–H and O–H groups in total. The molecule has 0 aliphatic carbocycles. The highest BCUT2D eigenvalue weighted by Gasteiger charge is 2.19. The average molecular weight is 283 g/mol. The number of ether oxygens (including phenoxy) is 1. The molecular formula is C18H21NO2. The molecule has 0 aliphatic heterocycles. The zero-order valence-corrected chi connectivity index (χ0v) is 12.3. The van der Waals surface area contributed by atoms with Crippen LogP contribution in [0.2, 0.25) is 0 Å². The van der Waals surface area contributed by atoms with E-state index in [0.29, 0.717) is 19.6 Å². The molecule has 3 nitrogen and oxygen atoms in total. The second kappa shape index (κ2) is 7.60. The lowest BCUT2D eigenvalue weighted by molar-refractivity contribution is -0.149. The third kappa shape index (κ3) is 4.43. The Bertz CT molecular complexity index is 581. The Labute approximate surface area is 125 Å². The highest BCUT2D eigenvalue weighted by molar-refractivity contribution is 5.73. The molecule has 0 heterocycles. The molecule has 21 heavy (non-hydrogen) atoms. The predicted molar refractivity (Wildman–Crippen MR) is 83.7 cm³/mol. The molecule has 2 aromatic carbocycles. The number of hydrogen-bond acceptors (Lipinski definition) is 3. The molecule has 0 saturated heterocycles. The van der Waals surface area contributed by atoms with Crippen LogP contribution >= 0.6 is 0 Å².